The molecule has 1 saturated carbocycles. The van der Waals surface area contributed by atoms with Crippen LogP contribution in [0.25, 0.3) is 0 Å². The normalized spacial score (nSPS) is 23.0. The molecule has 1 aliphatic carbocycles. The average Bonchev–Trinajstić information content (AvgIpc) is 2.42. The third kappa shape index (κ3) is 3.13. The van der Waals surface area contributed by atoms with Gasteiger partial charge in [0.1, 0.15) is 0 Å². The van der Waals surface area contributed by atoms with Crippen LogP contribution in [0.3, 0.4) is 0 Å². The molecular formula is C13H20N4O2. The molecule has 6 heteroatoms. The SMILES string of the molecule is CCn1ccnc(NC2CCC(C(N)=O)CC2)c1=O. The molecule has 104 valence electrons. The minimum Gasteiger partial charge on any atom is -0.369 e. The van der Waals surface area contributed by atoms with E-state index in [1.807, 2.05) is 6.92 Å². The molecule has 1 aromatic rings. The Morgan fingerprint density at radius 2 is 2.16 bits per heavy atom. The first-order chi connectivity index (χ1) is 9.11. The topological polar surface area (TPSA) is 90.0 Å². The second-order valence-corrected chi connectivity index (χ2v) is 4.96. The molecule has 3 N–H and O–H groups in total. The number of hydrogen-bond donors (Lipinski definition) is 2. The fraction of sp³-hybridized carbons (Fsp3) is 0.615. The lowest BCUT2D eigenvalue weighted by atomic mass is 9.85. The fourth-order valence-electron chi connectivity index (χ4n) is 2.51. The minimum atomic E-state index is -0.218. The largest absolute Gasteiger partial charge is 0.369 e. The first kappa shape index (κ1) is 13.6. The van der Waals surface area contributed by atoms with E-state index in [2.05, 4.69) is 10.3 Å². The van der Waals surface area contributed by atoms with Crippen molar-refractivity contribution >= 4 is 11.7 Å². The van der Waals surface area contributed by atoms with Gasteiger partial charge in [0.25, 0.3) is 5.56 Å². The summed E-state index contributed by atoms with van der Waals surface area (Å²) in [6, 6.07) is 0.198. The molecule has 0 aromatic carbocycles. The molecule has 0 saturated heterocycles. The Morgan fingerprint density at radius 1 is 1.47 bits per heavy atom. The molecule has 19 heavy (non-hydrogen) atoms. The number of anilines is 1. The lowest BCUT2D eigenvalue weighted by Gasteiger charge is -2.27. The van der Waals surface area contributed by atoms with Gasteiger partial charge in [0.05, 0.1) is 0 Å². The third-order valence-electron chi connectivity index (χ3n) is 3.72. The zero-order valence-electron chi connectivity index (χ0n) is 11.1. The van der Waals surface area contributed by atoms with Gasteiger partial charge < -0.3 is 15.6 Å². The van der Waals surface area contributed by atoms with E-state index in [1.54, 1.807) is 17.0 Å². The lowest BCUT2D eigenvalue weighted by Crippen LogP contribution is -2.34. The number of rotatable bonds is 4. The van der Waals surface area contributed by atoms with Crippen molar-refractivity contribution in [2.45, 2.75) is 45.2 Å². The van der Waals surface area contributed by atoms with Crippen molar-refractivity contribution < 1.29 is 4.79 Å². The number of amides is 1. The van der Waals surface area contributed by atoms with Gasteiger partial charge >= 0.3 is 0 Å². The van der Waals surface area contributed by atoms with Crippen LogP contribution < -0.4 is 16.6 Å². The summed E-state index contributed by atoms with van der Waals surface area (Å²) in [6.45, 7) is 2.55. The minimum absolute atomic E-state index is 0.0194. The summed E-state index contributed by atoms with van der Waals surface area (Å²) in [5.41, 5.74) is 5.21. The highest BCUT2D eigenvalue weighted by Crippen LogP contribution is 2.25. The first-order valence-corrected chi connectivity index (χ1v) is 6.73. The van der Waals surface area contributed by atoms with Gasteiger partial charge in [-0.2, -0.15) is 0 Å². The summed E-state index contributed by atoms with van der Waals surface area (Å²) in [6.07, 6.45) is 6.55. The highest BCUT2D eigenvalue weighted by atomic mass is 16.1. The summed E-state index contributed by atoms with van der Waals surface area (Å²) in [5.74, 6) is 0.158. The van der Waals surface area contributed by atoms with Gasteiger partial charge in [-0.25, -0.2) is 4.98 Å². The van der Waals surface area contributed by atoms with E-state index >= 15 is 0 Å². The quantitative estimate of drug-likeness (QED) is 0.838. The highest BCUT2D eigenvalue weighted by molar-refractivity contribution is 5.76. The van der Waals surface area contributed by atoms with E-state index in [0.717, 1.165) is 25.7 Å². The van der Waals surface area contributed by atoms with Crippen molar-refractivity contribution in [3.63, 3.8) is 0 Å². The molecule has 1 aliphatic rings. The van der Waals surface area contributed by atoms with Gasteiger partial charge in [-0.3, -0.25) is 9.59 Å². The van der Waals surface area contributed by atoms with E-state index in [0.29, 0.717) is 12.4 Å². The third-order valence-corrected chi connectivity index (χ3v) is 3.72. The maximum absolute atomic E-state index is 12.0. The molecule has 1 aromatic heterocycles. The van der Waals surface area contributed by atoms with Crippen LogP contribution in [0.1, 0.15) is 32.6 Å². The summed E-state index contributed by atoms with van der Waals surface area (Å²) < 4.78 is 1.62. The van der Waals surface area contributed by atoms with Crippen LogP contribution in [0.4, 0.5) is 5.82 Å². The monoisotopic (exact) mass is 264 g/mol. The Labute approximate surface area is 112 Å². The van der Waals surface area contributed by atoms with Crippen molar-refractivity contribution in [2.24, 2.45) is 11.7 Å². The molecule has 1 heterocycles. The maximum Gasteiger partial charge on any atom is 0.293 e. The Kier molecular flexibility index (Phi) is 4.19. The molecule has 0 unspecified atom stereocenters. The predicted octanol–water partition coefficient (Wildman–Crippen LogP) is 0.719. The van der Waals surface area contributed by atoms with Crippen molar-refractivity contribution in [3.8, 4) is 0 Å². The van der Waals surface area contributed by atoms with E-state index in [-0.39, 0.29) is 23.4 Å². The van der Waals surface area contributed by atoms with Crippen LogP contribution in [0.15, 0.2) is 17.2 Å². The summed E-state index contributed by atoms with van der Waals surface area (Å²) in [7, 11) is 0. The molecule has 6 nitrogen and oxygen atoms in total. The molecule has 1 fully saturated rings. The molecular weight excluding hydrogens is 244 g/mol. The maximum atomic E-state index is 12.0. The van der Waals surface area contributed by atoms with Gasteiger partial charge in [0.15, 0.2) is 5.82 Å². The van der Waals surface area contributed by atoms with Crippen LogP contribution in [-0.2, 0) is 11.3 Å². The number of primary amides is 1. The molecule has 1 amide bonds. The van der Waals surface area contributed by atoms with Gasteiger partial charge in [0.2, 0.25) is 5.91 Å². The molecule has 2 rings (SSSR count). The average molecular weight is 264 g/mol. The van der Waals surface area contributed by atoms with Crippen molar-refractivity contribution in [3.05, 3.63) is 22.7 Å². The molecule has 0 bridgehead atoms. The number of carbonyl (C=O) groups is 1. The number of hydrogen-bond acceptors (Lipinski definition) is 4. The smallest absolute Gasteiger partial charge is 0.293 e. The van der Waals surface area contributed by atoms with Crippen LogP contribution in [0, 0.1) is 5.92 Å². The standard InChI is InChI=1S/C13H20N4O2/c1-2-17-8-7-15-12(13(17)19)16-10-5-3-9(4-6-10)11(14)18/h7-10H,2-6H2,1H3,(H2,14,18)(H,15,16). The zero-order valence-corrected chi connectivity index (χ0v) is 11.1. The number of carbonyl (C=O) groups excluding carboxylic acids is 1. The molecule has 0 spiro atoms. The lowest BCUT2D eigenvalue weighted by molar-refractivity contribution is -0.122. The Bertz CT molecular complexity index is 504. The zero-order chi connectivity index (χ0) is 13.8. The predicted molar refractivity (Wildman–Crippen MR) is 72.7 cm³/mol. The van der Waals surface area contributed by atoms with Crippen LogP contribution in [-0.4, -0.2) is 21.5 Å². The van der Waals surface area contributed by atoms with Gasteiger partial charge in [-0.15, -0.1) is 0 Å². The molecule has 0 atom stereocenters. The molecule has 0 aliphatic heterocycles. The van der Waals surface area contributed by atoms with E-state index in [9.17, 15) is 9.59 Å². The van der Waals surface area contributed by atoms with Crippen LogP contribution in [0.2, 0.25) is 0 Å². The first-order valence-electron chi connectivity index (χ1n) is 6.73. The van der Waals surface area contributed by atoms with Crippen LogP contribution in [0.5, 0.6) is 0 Å². The van der Waals surface area contributed by atoms with Gasteiger partial charge in [-0.1, -0.05) is 0 Å². The number of aromatic nitrogens is 2. The number of nitrogens with two attached hydrogens (primary N) is 1. The van der Waals surface area contributed by atoms with Crippen LogP contribution >= 0.6 is 0 Å². The van der Waals surface area contributed by atoms with E-state index in [4.69, 9.17) is 5.73 Å². The van der Waals surface area contributed by atoms with Crippen molar-refractivity contribution in [1.29, 1.82) is 0 Å². The fourth-order valence-corrected chi connectivity index (χ4v) is 2.51. The van der Waals surface area contributed by atoms with Gasteiger partial charge in [-0.05, 0) is 32.6 Å². The second kappa shape index (κ2) is 5.86. The van der Waals surface area contributed by atoms with E-state index in [1.165, 1.54) is 0 Å². The summed E-state index contributed by atoms with van der Waals surface area (Å²) >= 11 is 0. The Balaban J connectivity index is 2.00. The molecule has 0 radical (unpaired) electrons. The Morgan fingerprint density at radius 3 is 2.74 bits per heavy atom. The highest BCUT2D eigenvalue weighted by Gasteiger charge is 2.25. The number of aryl methyl sites for hydroxylation is 1. The Hall–Kier alpha value is -1.85. The second-order valence-electron chi connectivity index (χ2n) is 4.96. The number of nitrogens with zero attached hydrogens (tertiary/aromatic N) is 2. The van der Waals surface area contributed by atoms with Crippen molar-refractivity contribution in [2.75, 3.05) is 5.32 Å². The van der Waals surface area contributed by atoms with Gasteiger partial charge in [0, 0.05) is 30.9 Å². The summed E-state index contributed by atoms with van der Waals surface area (Å²) in [5, 5.41) is 3.19. The summed E-state index contributed by atoms with van der Waals surface area (Å²) in [4.78, 5) is 27.2. The van der Waals surface area contributed by atoms with Crippen molar-refractivity contribution in [1.82, 2.24) is 9.55 Å². The number of nitrogens with one attached hydrogen (secondary N) is 1. The van der Waals surface area contributed by atoms with E-state index < -0.39 is 0 Å².